The van der Waals surface area contributed by atoms with Gasteiger partial charge in [-0.3, -0.25) is 4.98 Å². The molecule has 2 aromatic heterocycles. The number of nitrogens with zero attached hydrogens (tertiary/aromatic N) is 3. The van der Waals surface area contributed by atoms with Crippen LogP contribution < -0.4 is 5.32 Å². The van der Waals surface area contributed by atoms with E-state index in [1.54, 1.807) is 6.20 Å². The van der Waals surface area contributed by atoms with Gasteiger partial charge in [-0.1, -0.05) is 29.4 Å². The van der Waals surface area contributed by atoms with Gasteiger partial charge in [0.05, 0.1) is 0 Å². The van der Waals surface area contributed by atoms with E-state index in [2.05, 4.69) is 20.4 Å². The van der Waals surface area contributed by atoms with Crippen molar-refractivity contribution in [2.75, 3.05) is 13.1 Å². The second kappa shape index (κ2) is 6.04. The number of nitrogens with one attached hydrogen (secondary N) is 1. The molecule has 3 aromatic rings. The molecule has 0 aliphatic carbocycles. The van der Waals surface area contributed by atoms with Crippen molar-refractivity contribution in [3.8, 4) is 11.5 Å². The molecule has 23 heavy (non-hydrogen) atoms. The van der Waals surface area contributed by atoms with Gasteiger partial charge in [-0.05, 0) is 37.4 Å². The Morgan fingerprint density at radius 3 is 2.87 bits per heavy atom. The number of alkyl halides is 1. The Hall–Kier alpha value is -2.34. The highest BCUT2D eigenvalue weighted by Gasteiger charge is 2.29. The number of aromatic nitrogens is 3. The van der Waals surface area contributed by atoms with E-state index in [1.165, 1.54) is 0 Å². The summed E-state index contributed by atoms with van der Waals surface area (Å²) in [6.07, 6.45) is 2.05. The van der Waals surface area contributed by atoms with E-state index in [0.717, 1.165) is 36.7 Å². The van der Waals surface area contributed by atoms with Crippen LogP contribution >= 0.6 is 0 Å². The second-order valence-corrected chi connectivity index (χ2v) is 5.83. The van der Waals surface area contributed by atoms with Gasteiger partial charge in [-0.15, -0.1) is 0 Å². The molecule has 0 bridgehead atoms. The summed E-state index contributed by atoms with van der Waals surface area (Å²) in [6, 6.07) is 9.76. The molecule has 1 atom stereocenters. The molecule has 0 spiro atoms. The van der Waals surface area contributed by atoms with E-state index in [-0.39, 0.29) is 11.8 Å². The monoisotopic (exact) mass is 312 g/mol. The molecule has 4 rings (SSSR count). The number of benzene rings is 1. The molecular formula is C17H17FN4O. The lowest BCUT2D eigenvalue weighted by atomic mass is 9.93. The first-order chi connectivity index (χ1) is 11.3. The second-order valence-electron chi connectivity index (χ2n) is 5.83. The molecule has 1 saturated heterocycles. The van der Waals surface area contributed by atoms with Crippen LogP contribution in [0.5, 0.6) is 0 Å². The number of pyridine rings is 1. The minimum absolute atomic E-state index is 0.0571. The quantitative estimate of drug-likeness (QED) is 0.804. The number of piperidine rings is 1. The Labute approximate surface area is 132 Å². The lowest BCUT2D eigenvalue weighted by Crippen LogP contribution is -2.29. The summed E-state index contributed by atoms with van der Waals surface area (Å²) in [5.41, 5.74) is 0.621. The third-order valence-electron chi connectivity index (χ3n) is 4.36. The number of halogens is 1. The van der Waals surface area contributed by atoms with Crippen molar-refractivity contribution in [3.05, 3.63) is 42.4 Å². The van der Waals surface area contributed by atoms with Crippen LogP contribution in [0.15, 0.2) is 41.1 Å². The van der Waals surface area contributed by atoms with Crippen molar-refractivity contribution >= 4 is 10.8 Å². The van der Waals surface area contributed by atoms with Crippen LogP contribution in [0.4, 0.5) is 4.39 Å². The Morgan fingerprint density at radius 2 is 2.00 bits per heavy atom. The molecule has 0 saturated carbocycles. The first-order valence-corrected chi connectivity index (χ1v) is 7.85. The van der Waals surface area contributed by atoms with Gasteiger partial charge in [-0.2, -0.15) is 4.98 Å². The number of fused-ring (bicyclic) bond motifs is 1. The highest BCUT2D eigenvalue weighted by Crippen LogP contribution is 2.33. The largest absolute Gasteiger partial charge is 0.336 e. The third-order valence-corrected chi connectivity index (χ3v) is 4.36. The van der Waals surface area contributed by atoms with Crippen LogP contribution in [0.1, 0.15) is 24.9 Å². The van der Waals surface area contributed by atoms with Gasteiger partial charge in [-0.25, -0.2) is 4.39 Å². The number of hydrogen-bond acceptors (Lipinski definition) is 5. The molecule has 0 amide bonds. The molecule has 1 N–H and O–H groups in total. The van der Waals surface area contributed by atoms with Gasteiger partial charge in [0.2, 0.25) is 5.82 Å². The van der Waals surface area contributed by atoms with Crippen LogP contribution in [0.2, 0.25) is 0 Å². The van der Waals surface area contributed by atoms with Gasteiger partial charge in [0, 0.05) is 17.5 Å². The molecule has 118 valence electrons. The zero-order valence-electron chi connectivity index (χ0n) is 12.6. The van der Waals surface area contributed by atoms with Gasteiger partial charge in [0.15, 0.2) is 6.17 Å². The summed E-state index contributed by atoms with van der Waals surface area (Å²) in [5.74, 6) is 0.333. The van der Waals surface area contributed by atoms with E-state index >= 15 is 0 Å². The summed E-state index contributed by atoms with van der Waals surface area (Å²) in [7, 11) is 0. The maximum Gasteiger partial charge on any atom is 0.261 e. The smallest absolute Gasteiger partial charge is 0.261 e. The first-order valence-electron chi connectivity index (χ1n) is 7.85. The van der Waals surface area contributed by atoms with Crippen molar-refractivity contribution < 1.29 is 8.91 Å². The fraction of sp³-hybridized carbons (Fsp3) is 0.353. The van der Waals surface area contributed by atoms with Crippen LogP contribution in [0.3, 0.4) is 0 Å². The molecular weight excluding hydrogens is 295 g/mol. The Morgan fingerprint density at radius 1 is 1.17 bits per heavy atom. The lowest BCUT2D eigenvalue weighted by molar-refractivity contribution is 0.147. The van der Waals surface area contributed by atoms with Gasteiger partial charge < -0.3 is 9.84 Å². The first kappa shape index (κ1) is 14.3. The van der Waals surface area contributed by atoms with Gasteiger partial charge in [0.25, 0.3) is 5.89 Å². The Balaban J connectivity index is 1.67. The minimum atomic E-state index is -1.21. The summed E-state index contributed by atoms with van der Waals surface area (Å²) >= 11 is 0. The fourth-order valence-electron chi connectivity index (χ4n) is 3.08. The molecule has 1 fully saturated rings. The molecule has 1 unspecified atom stereocenters. The molecule has 0 radical (unpaired) electrons. The molecule has 6 heteroatoms. The van der Waals surface area contributed by atoms with Crippen LogP contribution in [-0.4, -0.2) is 28.2 Å². The normalized spacial score (nSPS) is 17.4. The standard InChI is InChI=1S/C17H17FN4O/c18-14(12-5-8-19-9-6-12)17-21-16(22-23-17)15-13-4-2-1-3-11(13)7-10-20-15/h1-4,7,10,12,14,19H,5-6,8-9H2. The average Bonchev–Trinajstić information content (AvgIpc) is 3.11. The predicted molar refractivity (Wildman–Crippen MR) is 84.5 cm³/mol. The highest BCUT2D eigenvalue weighted by molar-refractivity contribution is 5.92. The van der Waals surface area contributed by atoms with Crippen molar-refractivity contribution in [3.63, 3.8) is 0 Å². The molecule has 1 aromatic carbocycles. The Bertz CT molecular complexity index is 808. The molecule has 3 heterocycles. The van der Waals surface area contributed by atoms with Crippen molar-refractivity contribution in [2.45, 2.75) is 19.0 Å². The third kappa shape index (κ3) is 2.70. The molecule has 1 aliphatic rings. The predicted octanol–water partition coefficient (Wildman–Crippen LogP) is 3.30. The summed E-state index contributed by atoms with van der Waals surface area (Å²) in [6.45, 7) is 1.66. The molecule has 5 nitrogen and oxygen atoms in total. The van der Waals surface area contributed by atoms with Gasteiger partial charge in [0.1, 0.15) is 5.69 Å². The van der Waals surface area contributed by atoms with E-state index < -0.39 is 6.17 Å². The Kier molecular flexibility index (Phi) is 3.75. The van der Waals surface area contributed by atoms with E-state index in [0.29, 0.717) is 11.5 Å². The topological polar surface area (TPSA) is 63.8 Å². The zero-order valence-corrected chi connectivity index (χ0v) is 12.6. The van der Waals surface area contributed by atoms with Crippen molar-refractivity contribution in [2.24, 2.45) is 5.92 Å². The lowest BCUT2D eigenvalue weighted by Gasteiger charge is -2.23. The van der Waals surface area contributed by atoms with E-state index in [9.17, 15) is 4.39 Å². The van der Waals surface area contributed by atoms with E-state index in [4.69, 9.17) is 4.52 Å². The van der Waals surface area contributed by atoms with Crippen LogP contribution in [-0.2, 0) is 0 Å². The van der Waals surface area contributed by atoms with E-state index in [1.807, 2.05) is 30.3 Å². The van der Waals surface area contributed by atoms with Crippen molar-refractivity contribution in [1.82, 2.24) is 20.4 Å². The summed E-state index contributed by atoms with van der Waals surface area (Å²) in [5, 5.41) is 9.15. The van der Waals surface area contributed by atoms with Gasteiger partial charge >= 0.3 is 0 Å². The molecule has 1 aliphatic heterocycles. The zero-order chi connectivity index (χ0) is 15.6. The minimum Gasteiger partial charge on any atom is -0.336 e. The van der Waals surface area contributed by atoms with Crippen molar-refractivity contribution in [1.29, 1.82) is 0 Å². The van der Waals surface area contributed by atoms with Crippen LogP contribution in [0.25, 0.3) is 22.3 Å². The fourth-order valence-corrected chi connectivity index (χ4v) is 3.08. The SMILES string of the molecule is FC(c1nc(-c2nccc3ccccc23)no1)C1CCNCC1. The summed E-state index contributed by atoms with van der Waals surface area (Å²) in [4.78, 5) is 8.61. The highest BCUT2D eigenvalue weighted by atomic mass is 19.1. The maximum absolute atomic E-state index is 14.6. The average molecular weight is 312 g/mol. The number of rotatable bonds is 3. The van der Waals surface area contributed by atoms with Crippen LogP contribution in [0, 0.1) is 5.92 Å². The summed E-state index contributed by atoms with van der Waals surface area (Å²) < 4.78 is 19.8. The number of hydrogen-bond donors (Lipinski definition) is 1. The maximum atomic E-state index is 14.6.